The SMILES string of the molecule is CCCCOc1ccc(C(=O)N[C@]2(C)CCS(=O)(=O)C2)cc1. The van der Waals surface area contributed by atoms with Crippen molar-refractivity contribution in [2.45, 2.75) is 38.6 Å². The highest BCUT2D eigenvalue weighted by molar-refractivity contribution is 7.91. The Morgan fingerprint density at radius 2 is 2.00 bits per heavy atom. The number of carbonyl (C=O) groups excluding carboxylic acids is 1. The molecule has 0 radical (unpaired) electrons. The van der Waals surface area contributed by atoms with Gasteiger partial charge in [0.05, 0.1) is 23.7 Å². The minimum atomic E-state index is -3.04. The van der Waals surface area contributed by atoms with Crippen LogP contribution in [0.4, 0.5) is 0 Å². The number of nitrogens with one attached hydrogen (secondary N) is 1. The Morgan fingerprint density at radius 3 is 2.55 bits per heavy atom. The molecule has 1 N–H and O–H groups in total. The lowest BCUT2D eigenvalue weighted by molar-refractivity contribution is 0.0915. The highest BCUT2D eigenvalue weighted by Crippen LogP contribution is 2.23. The summed E-state index contributed by atoms with van der Waals surface area (Å²) in [5, 5.41) is 2.84. The zero-order valence-electron chi connectivity index (χ0n) is 13.1. The molecule has 0 aliphatic carbocycles. The molecule has 1 fully saturated rings. The Bertz CT molecular complexity index is 624. The molecule has 0 spiro atoms. The molecule has 1 aromatic carbocycles. The highest BCUT2D eigenvalue weighted by atomic mass is 32.2. The monoisotopic (exact) mass is 325 g/mol. The Labute approximate surface area is 132 Å². The van der Waals surface area contributed by atoms with Gasteiger partial charge < -0.3 is 10.1 Å². The van der Waals surface area contributed by atoms with E-state index in [-0.39, 0.29) is 17.4 Å². The predicted molar refractivity (Wildman–Crippen MR) is 86.0 cm³/mol. The molecule has 1 aliphatic rings. The summed E-state index contributed by atoms with van der Waals surface area (Å²) in [5.74, 6) is 0.622. The van der Waals surface area contributed by atoms with Crippen LogP contribution in [0.25, 0.3) is 0 Å². The lowest BCUT2D eigenvalue weighted by Crippen LogP contribution is -2.46. The molecule has 22 heavy (non-hydrogen) atoms. The van der Waals surface area contributed by atoms with Crippen LogP contribution in [0, 0.1) is 0 Å². The average Bonchev–Trinajstić information content (AvgIpc) is 2.73. The molecule has 2 rings (SSSR count). The third-order valence-corrected chi connectivity index (χ3v) is 5.70. The third kappa shape index (κ3) is 4.47. The zero-order valence-corrected chi connectivity index (χ0v) is 13.9. The maximum atomic E-state index is 12.2. The maximum absolute atomic E-state index is 12.2. The molecule has 6 heteroatoms. The van der Waals surface area contributed by atoms with E-state index in [4.69, 9.17) is 4.74 Å². The van der Waals surface area contributed by atoms with Gasteiger partial charge in [-0.25, -0.2) is 8.42 Å². The fourth-order valence-corrected chi connectivity index (χ4v) is 4.59. The van der Waals surface area contributed by atoms with Crippen molar-refractivity contribution in [3.63, 3.8) is 0 Å². The number of hydrogen-bond donors (Lipinski definition) is 1. The lowest BCUT2D eigenvalue weighted by atomic mass is 10.0. The first kappa shape index (κ1) is 16.8. The molecule has 0 aromatic heterocycles. The molecule has 5 nitrogen and oxygen atoms in total. The maximum Gasteiger partial charge on any atom is 0.251 e. The van der Waals surface area contributed by atoms with Crippen molar-refractivity contribution < 1.29 is 17.9 Å². The normalized spacial score (nSPS) is 23.2. The molecule has 0 bridgehead atoms. The number of carbonyl (C=O) groups is 1. The van der Waals surface area contributed by atoms with Crippen LogP contribution in [0.3, 0.4) is 0 Å². The van der Waals surface area contributed by atoms with Gasteiger partial charge in [0.1, 0.15) is 5.75 Å². The Hall–Kier alpha value is -1.56. The topological polar surface area (TPSA) is 72.5 Å². The number of hydrogen-bond acceptors (Lipinski definition) is 4. The number of rotatable bonds is 6. The van der Waals surface area contributed by atoms with Gasteiger partial charge in [-0.1, -0.05) is 13.3 Å². The Morgan fingerprint density at radius 1 is 1.32 bits per heavy atom. The van der Waals surface area contributed by atoms with E-state index in [0.717, 1.165) is 18.6 Å². The summed E-state index contributed by atoms with van der Waals surface area (Å²) in [5.41, 5.74) is -0.167. The van der Waals surface area contributed by atoms with Gasteiger partial charge in [0.15, 0.2) is 9.84 Å². The van der Waals surface area contributed by atoms with E-state index in [9.17, 15) is 13.2 Å². The summed E-state index contributed by atoms with van der Waals surface area (Å²) in [7, 11) is -3.04. The fraction of sp³-hybridized carbons (Fsp3) is 0.562. The van der Waals surface area contributed by atoms with Crippen LogP contribution in [0.2, 0.25) is 0 Å². The van der Waals surface area contributed by atoms with Gasteiger partial charge in [-0.3, -0.25) is 4.79 Å². The lowest BCUT2D eigenvalue weighted by Gasteiger charge is -2.23. The second-order valence-corrected chi connectivity index (χ2v) is 8.27. The summed E-state index contributed by atoms with van der Waals surface area (Å²) >= 11 is 0. The van der Waals surface area contributed by atoms with Crippen LogP contribution >= 0.6 is 0 Å². The largest absolute Gasteiger partial charge is 0.494 e. The molecule has 1 aromatic rings. The number of benzene rings is 1. The molecule has 0 saturated carbocycles. The summed E-state index contributed by atoms with van der Waals surface area (Å²) in [6, 6.07) is 6.92. The Balaban J connectivity index is 1.95. The van der Waals surface area contributed by atoms with Crippen molar-refractivity contribution >= 4 is 15.7 Å². The summed E-state index contributed by atoms with van der Waals surface area (Å²) in [4.78, 5) is 12.2. The van der Waals surface area contributed by atoms with Gasteiger partial charge in [0, 0.05) is 5.56 Å². The number of sulfone groups is 1. The van der Waals surface area contributed by atoms with Gasteiger partial charge in [0.2, 0.25) is 0 Å². The van der Waals surface area contributed by atoms with Crippen molar-refractivity contribution in [2.24, 2.45) is 0 Å². The van der Waals surface area contributed by atoms with E-state index in [1.165, 1.54) is 0 Å². The average molecular weight is 325 g/mol. The van der Waals surface area contributed by atoms with Crippen molar-refractivity contribution in [3.05, 3.63) is 29.8 Å². The van der Waals surface area contributed by atoms with E-state index in [2.05, 4.69) is 12.2 Å². The molecule has 1 atom stereocenters. The van der Waals surface area contributed by atoms with Gasteiger partial charge >= 0.3 is 0 Å². The first-order chi connectivity index (χ1) is 10.3. The number of amides is 1. The van der Waals surface area contributed by atoms with E-state index < -0.39 is 15.4 Å². The van der Waals surface area contributed by atoms with Crippen LogP contribution in [0.1, 0.15) is 43.5 Å². The van der Waals surface area contributed by atoms with Gasteiger partial charge in [0.25, 0.3) is 5.91 Å². The summed E-state index contributed by atoms with van der Waals surface area (Å²) in [6.07, 6.45) is 2.52. The van der Waals surface area contributed by atoms with E-state index in [1.807, 2.05) is 0 Å². The Kier molecular flexibility index (Phi) is 5.11. The van der Waals surface area contributed by atoms with Crippen molar-refractivity contribution in [1.29, 1.82) is 0 Å². The molecule has 1 amide bonds. The molecule has 1 saturated heterocycles. The quantitative estimate of drug-likeness (QED) is 0.814. The van der Waals surface area contributed by atoms with Crippen LogP contribution in [-0.4, -0.2) is 38.0 Å². The first-order valence-corrected chi connectivity index (χ1v) is 9.41. The number of ether oxygens (including phenoxy) is 1. The first-order valence-electron chi connectivity index (χ1n) is 7.59. The zero-order chi connectivity index (χ0) is 16.2. The van der Waals surface area contributed by atoms with Crippen LogP contribution in [0.5, 0.6) is 5.75 Å². The molecule has 122 valence electrons. The van der Waals surface area contributed by atoms with E-state index in [1.54, 1.807) is 31.2 Å². The minimum absolute atomic E-state index is 0.00392. The molecule has 1 heterocycles. The molecular formula is C16H23NO4S. The smallest absolute Gasteiger partial charge is 0.251 e. The van der Waals surface area contributed by atoms with Crippen LogP contribution < -0.4 is 10.1 Å². The summed E-state index contributed by atoms with van der Waals surface area (Å²) < 4.78 is 28.7. The second-order valence-electron chi connectivity index (χ2n) is 6.08. The van der Waals surface area contributed by atoms with Crippen molar-refractivity contribution in [1.82, 2.24) is 5.32 Å². The minimum Gasteiger partial charge on any atom is -0.494 e. The molecule has 0 unspecified atom stereocenters. The standard InChI is InChI=1S/C16H23NO4S/c1-3-4-10-21-14-7-5-13(6-8-14)15(18)17-16(2)9-11-22(19,20)12-16/h5-8H,3-4,9-12H2,1-2H3,(H,17,18)/t16-/m1/s1. The molecule has 1 aliphatic heterocycles. The third-order valence-electron chi connectivity index (χ3n) is 3.80. The highest BCUT2D eigenvalue weighted by Gasteiger charge is 2.39. The van der Waals surface area contributed by atoms with Gasteiger partial charge in [-0.05, 0) is 44.0 Å². The van der Waals surface area contributed by atoms with Crippen LogP contribution in [-0.2, 0) is 9.84 Å². The van der Waals surface area contributed by atoms with Gasteiger partial charge in [-0.15, -0.1) is 0 Å². The van der Waals surface area contributed by atoms with Crippen LogP contribution in [0.15, 0.2) is 24.3 Å². The van der Waals surface area contributed by atoms with Gasteiger partial charge in [-0.2, -0.15) is 0 Å². The second kappa shape index (κ2) is 6.69. The predicted octanol–water partition coefficient (Wildman–Crippen LogP) is 2.17. The summed E-state index contributed by atoms with van der Waals surface area (Å²) in [6.45, 7) is 4.54. The number of unbranched alkanes of at least 4 members (excludes halogenated alkanes) is 1. The van der Waals surface area contributed by atoms with E-state index >= 15 is 0 Å². The van der Waals surface area contributed by atoms with Crippen molar-refractivity contribution in [2.75, 3.05) is 18.1 Å². The molecular weight excluding hydrogens is 302 g/mol. The fourth-order valence-electron chi connectivity index (χ4n) is 2.49. The van der Waals surface area contributed by atoms with E-state index in [0.29, 0.717) is 18.6 Å². The van der Waals surface area contributed by atoms with Crippen molar-refractivity contribution in [3.8, 4) is 5.75 Å².